The quantitative estimate of drug-likeness (QED) is 0.698. The summed E-state index contributed by atoms with van der Waals surface area (Å²) in [5.41, 5.74) is 4.74. The maximum Gasteiger partial charge on any atom is 0.328 e. The first-order valence-corrected chi connectivity index (χ1v) is 10.9. The summed E-state index contributed by atoms with van der Waals surface area (Å²) in [4.78, 5) is 15.6. The van der Waals surface area contributed by atoms with Crippen LogP contribution in [0.25, 0.3) is 6.08 Å². The zero-order valence-corrected chi connectivity index (χ0v) is 18.0. The van der Waals surface area contributed by atoms with Crippen LogP contribution in [-0.4, -0.2) is 55.4 Å². The van der Waals surface area contributed by atoms with E-state index in [4.69, 9.17) is 9.84 Å². The monoisotopic (exact) mass is 408 g/mol. The molecule has 1 N–H and O–H groups in total. The van der Waals surface area contributed by atoms with Crippen LogP contribution < -0.4 is 4.90 Å². The van der Waals surface area contributed by atoms with Crippen LogP contribution in [-0.2, 0) is 9.53 Å². The molecule has 160 valence electrons. The summed E-state index contributed by atoms with van der Waals surface area (Å²) in [6.07, 6.45) is 3.93. The lowest BCUT2D eigenvalue weighted by atomic mass is 9.98. The number of anilines is 2. The Morgan fingerprint density at radius 2 is 1.80 bits per heavy atom. The van der Waals surface area contributed by atoms with Gasteiger partial charge < -0.3 is 14.7 Å². The number of ether oxygens (including phenoxy) is 1. The second kappa shape index (κ2) is 11.0. The number of para-hydroxylation sites is 1. The number of hydrogen-bond acceptors (Lipinski definition) is 4. The standard InChI is InChI=1S/C23H26N2O3.C2H6/c26-23(27)10-7-18-5-8-20(9-6-18)25-17-19(21-3-1-2-4-22(21)25)11-12-24-13-15-28-16-14-24;1-2/h1-10,19H,11-17H2,(H,26,27);1-2H3/b10-7+;. The molecule has 0 saturated carbocycles. The van der Waals surface area contributed by atoms with E-state index >= 15 is 0 Å². The lowest BCUT2D eigenvalue weighted by molar-refractivity contribution is -0.131. The highest BCUT2D eigenvalue weighted by Gasteiger charge is 2.29. The van der Waals surface area contributed by atoms with E-state index < -0.39 is 5.97 Å². The van der Waals surface area contributed by atoms with E-state index in [0.29, 0.717) is 5.92 Å². The van der Waals surface area contributed by atoms with Gasteiger partial charge in [0, 0.05) is 43.0 Å². The van der Waals surface area contributed by atoms with Gasteiger partial charge in [0.25, 0.3) is 0 Å². The molecule has 0 spiro atoms. The fourth-order valence-electron chi connectivity index (χ4n) is 4.08. The van der Waals surface area contributed by atoms with Gasteiger partial charge in [-0.15, -0.1) is 0 Å². The summed E-state index contributed by atoms with van der Waals surface area (Å²) < 4.78 is 5.46. The Labute approximate surface area is 179 Å². The van der Waals surface area contributed by atoms with Crippen LogP contribution >= 0.6 is 0 Å². The molecule has 0 bridgehead atoms. The molecule has 0 amide bonds. The fourth-order valence-corrected chi connectivity index (χ4v) is 4.08. The van der Waals surface area contributed by atoms with Crippen molar-refractivity contribution in [3.63, 3.8) is 0 Å². The van der Waals surface area contributed by atoms with Gasteiger partial charge in [-0.05, 0) is 48.4 Å². The van der Waals surface area contributed by atoms with Crippen LogP contribution in [0.1, 0.15) is 37.3 Å². The predicted molar refractivity (Wildman–Crippen MR) is 123 cm³/mol. The average molecular weight is 409 g/mol. The molecule has 4 rings (SSSR count). The summed E-state index contributed by atoms with van der Waals surface area (Å²) in [6, 6.07) is 16.8. The highest BCUT2D eigenvalue weighted by molar-refractivity contribution is 5.85. The smallest absolute Gasteiger partial charge is 0.328 e. The molecular weight excluding hydrogens is 376 g/mol. The molecule has 1 atom stereocenters. The number of aliphatic carboxylic acids is 1. The van der Waals surface area contributed by atoms with Crippen molar-refractivity contribution in [2.45, 2.75) is 26.2 Å². The molecule has 2 aromatic carbocycles. The fraction of sp³-hybridized carbons (Fsp3) is 0.400. The molecular formula is C25H32N2O3. The number of carboxylic acid groups (broad SMARTS) is 1. The third-order valence-corrected chi connectivity index (χ3v) is 5.59. The highest BCUT2D eigenvalue weighted by atomic mass is 16.5. The summed E-state index contributed by atoms with van der Waals surface area (Å²) in [5.74, 6) is -0.411. The predicted octanol–water partition coefficient (Wildman–Crippen LogP) is 4.77. The molecule has 2 aliphatic heterocycles. The normalized spacial score (nSPS) is 18.7. The lowest BCUT2D eigenvalue weighted by Gasteiger charge is -2.27. The number of nitrogens with zero attached hydrogens (tertiary/aromatic N) is 2. The average Bonchev–Trinajstić information content (AvgIpc) is 3.17. The van der Waals surface area contributed by atoms with Crippen LogP contribution in [0.3, 0.4) is 0 Å². The van der Waals surface area contributed by atoms with Crippen LogP contribution in [0, 0.1) is 0 Å². The largest absolute Gasteiger partial charge is 0.478 e. The van der Waals surface area contributed by atoms with Gasteiger partial charge in [0.1, 0.15) is 0 Å². The Morgan fingerprint density at radius 1 is 1.10 bits per heavy atom. The minimum atomic E-state index is -0.930. The molecule has 0 aliphatic carbocycles. The molecule has 5 nitrogen and oxygen atoms in total. The van der Waals surface area contributed by atoms with Gasteiger partial charge in [-0.3, -0.25) is 4.90 Å². The maximum absolute atomic E-state index is 10.7. The summed E-state index contributed by atoms with van der Waals surface area (Å²) in [5, 5.41) is 8.78. The van der Waals surface area contributed by atoms with Gasteiger partial charge >= 0.3 is 5.97 Å². The molecule has 2 heterocycles. The van der Waals surface area contributed by atoms with Crippen molar-refractivity contribution in [3.05, 3.63) is 65.7 Å². The Morgan fingerprint density at radius 3 is 2.50 bits per heavy atom. The summed E-state index contributed by atoms with van der Waals surface area (Å²) >= 11 is 0. The molecule has 2 aromatic rings. The van der Waals surface area contributed by atoms with Gasteiger partial charge in [-0.1, -0.05) is 44.2 Å². The van der Waals surface area contributed by atoms with Crippen molar-refractivity contribution < 1.29 is 14.6 Å². The van der Waals surface area contributed by atoms with Gasteiger partial charge in [-0.25, -0.2) is 4.79 Å². The van der Waals surface area contributed by atoms with Gasteiger partial charge in [-0.2, -0.15) is 0 Å². The van der Waals surface area contributed by atoms with Crippen molar-refractivity contribution in [1.82, 2.24) is 4.90 Å². The number of carboxylic acids is 1. The van der Waals surface area contributed by atoms with E-state index in [-0.39, 0.29) is 0 Å². The van der Waals surface area contributed by atoms with E-state index in [2.05, 4.69) is 46.2 Å². The Bertz CT molecular complexity index is 842. The van der Waals surface area contributed by atoms with E-state index in [9.17, 15) is 4.79 Å². The van der Waals surface area contributed by atoms with E-state index in [0.717, 1.165) is 57.1 Å². The zero-order valence-electron chi connectivity index (χ0n) is 18.0. The van der Waals surface area contributed by atoms with Crippen molar-refractivity contribution in [1.29, 1.82) is 0 Å². The second-order valence-corrected chi connectivity index (χ2v) is 7.37. The third kappa shape index (κ3) is 5.49. The molecule has 1 saturated heterocycles. The molecule has 5 heteroatoms. The second-order valence-electron chi connectivity index (χ2n) is 7.37. The van der Waals surface area contributed by atoms with Gasteiger partial charge in [0.15, 0.2) is 0 Å². The third-order valence-electron chi connectivity index (χ3n) is 5.59. The molecule has 1 unspecified atom stereocenters. The molecule has 30 heavy (non-hydrogen) atoms. The number of morpholine rings is 1. The number of fused-ring (bicyclic) bond motifs is 1. The minimum absolute atomic E-state index is 0.519. The molecule has 1 fully saturated rings. The Hall–Kier alpha value is -2.63. The van der Waals surface area contributed by atoms with E-state index in [1.165, 1.54) is 17.3 Å². The van der Waals surface area contributed by atoms with Crippen LogP contribution in [0.2, 0.25) is 0 Å². The lowest BCUT2D eigenvalue weighted by Crippen LogP contribution is -2.37. The van der Waals surface area contributed by atoms with Crippen LogP contribution in [0.4, 0.5) is 11.4 Å². The van der Waals surface area contributed by atoms with E-state index in [1.54, 1.807) is 6.08 Å². The molecule has 2 aliphatic rings. The van der Waals surface area contributed by atoms with Crippen LogP contribution in [0.5, 0.6) is 0 Å². The first-order chi connectivity index (χ1) is 14.7. The maximum atomic E-state index is 10.7. The minimum Gasteiger partial charge on any atom is -0.478 e. The molecule has 0 radical (unpaired) electrons. The van der Waals surface area contributed by atoms with Crippen molar-refractivity contribution in [2.75, 3.05) is 44.3 Å². The highest BCUT2D eigenvalue weighted by Crippen LogP contribution is 2.42. The van der Waals surface area contributed by atoms with Crippen molar-refractivity contribution >= 4 is 23.4 Å². The van der Waals surface area contributed by atoms with Gasteiger partial charge in [0.2, 0.25) is 0 Å². The van der Waals surface area contributed by atoms with Crippen molar-refractivity contribution in [3.8, 4) is 0 Å². The number of rotatable bonds is 6. The van der Waals surface area contributed by atoms with Crippen LogP contribution in [0.15, 0.2) is 54.6 Å². The van der Waals surface area contributed by atoms with E-state index in [1.807, 2.05) is 26.0 Å². The number of hydrogen-bond donors (Lipinski definition) is 1. The summed E-state index contributed by atoms with van der Waals surface area (Å²) in [6.45, 7) is 9.84. The SMILES string of the molecule is CC.O=C(O)/C=C/c1ccc(N2CC(CCN3CCOCC3)c3ccccc32)cc1. The molecule has 0 aromatic heterocycles. The Balaban J connectivity index is 0.00000124. The summed E-state index contributed by atoms with van der Waals surface area (Å²) in [7, 11) is 0. The first-order valence-electron chi connectivity index (χ1n) is 10.9. The van der Waals surface area contributed by atoms with Gasteiger partial charge in [0.05, 0.1) is 13.2 Å². The number of carbonyl (C=O) groups is 1. The van der Waals surface area contributed by atoms with Crippen molar-refractivity contribution in [2.24, 2.45) is 0 Å². The Kier molecular flexibility index (Phi) is 8.05. The first kappa shape index (κ1) is 22.1. The zero-order chi connectivity index (χ0) is 21.3. The number of benzene rings is 2. The topological polar surface area (TPSA) is 53.0 Å².